The Labute approximate surface area is 162 Å². The van der Waals surface area contributed by atoms with Crippen molar-refractivity contribution in [3.8, 4) is 0 Å². The molecule has 1 unspecified atom stereocenters. The molecule has 27 heavy (non-hydrogen) atoms. The number of likely N-dealkylation sites (tertiary alicyclic amines) is 2. The van der Waals surface area contributed by atoms with Gasteiger partial charge in [0.05, 0.1) is 0 Å². The van der Waals surface area contributed by atoms with E-state index in [1.54, 1.807) is 7.11 Å². The summed E-state index contributed by atoms with van der Waals surface area (Å²) in [4.78, 5) is 28.8. The second kappa shape index (κ2) is 8.70. The van der Waals surface area contributed by atoms with Crippen molar-refractivity contribution >= 4 is 17.9 Å². The average Bonchev–Trinajstić information content (AvgIpc) is 2.99. The summed E-state index contributed by atoms with van der Waals surface area (Å²) in [6.45, 7) is 4.86. The minimum Gasteiger partial charge on any atom is -0.372 e. The minimum absolute atomic E-state index is 0.0310. The Bertz CT molecular complexity index is 674. The molecule has 0 bridgehead atoms. The van der Waals surface area contributed by atoms with Crippen molar-refractivity contribution in [3.05, 3.63) is 42.0 Å². The quantitative estimate of drug-likeness (QED) is 0.774. The number of nitrogens with zero attached hydrogens (tertiary/aromatic N) is 2. The summed E-state index contributed by atoms with van der Waals surface area (Å²) in [5, 5.41) is 0. The molecule has 2 fully saturated rings. The van der Waals surface area contributed by atoms with Crippen molar-refractivity contribution in [2.45, 2.75) is 38.7 Å². The first-order chi connectivity index (χ1) is 13.1. The average molecular weight is 370 g/mol. The predicted octanol–water partition coefficient (Wildman–Crippen LogP) is 2.97. The Hall–Kier alpha value is -2.14. The highest BCUT2D eigenvalue weighted by Crippen LogP contribution is 2.41. The number of benzene rings is 1. The minimum atomic E-state index is -0.344. The maximum absolute atomic E-state index is 12.5. The first-order valence-corrected chi connectivity index (χ1v) is 9.88. The Kier molecular flexibility index (Phi) is 6.32. The van der Waals surface area contributed by atoms with E-state index < -0.39 is 0 Å². The molecule has 1 spiro atoms. The number of rotatable bonds is 6. The monoisotopic (exact) mass is 370 g/mol. The van der Waals surface area contributed by atoms with E-state index in [0.29, 0.717) is 19.4 Å². The lowest BCUT2D eigenvalue weighted by atomic mass is 9.77. The van der Waals surface area contributed by atoms with Crippen LogP contribution in [0.15, 0.2) is 36.4 Å². The molecule has 2 saturated heterocycles. The molecule has 5 heteroatoms. The van der Waals surface area contributed by atoms with Crippen LogP contribution in [0, 0.1) is 5.41 Å². The van der Waals surface area contributed by atoms with E-state index in [1.165, 1.54) is 0 Å². The van der Waals surface area contributed by atoms with Gasteiger partial charge in [0.2, 0.25) is 5.91 Å². The second-order valence-corrected chi connectivity index (χ2v) is 7.72. The van der Waals surface area contributed by atoms with Gasteiger partial charge in [-0.1, -0.05) is 49.4 Å². The standard InChI is InChI=1S/C22H30N2O3/c1-3-19(27-2)21(26)23-14-11-22(12-15-23)16-20(25)24(17-22)13-7-10-18-8-5-4-6-9-18/h4-10,19H,3,11-17H2,1-2H3/b10-7+. The van der Waals surface area contributed by atoms with Gasteiger partial charge in [0, 0.05) is 45.1 Å². The molecule has 0 aromatic heterocycles. The smallest absolute Gasteiger partial charge is 0.251 e. The zero-order chi connectivity index (χ0) is 19.3. The van der Waals surface area contributed by atoms with Gasteiger partial charge < -0.3 is 14.5 Å². The molecule has 0 aliphatic carbocycles. The normalized spacial score (nSPS) is 20.6. The van der Waals surface area contributed by atoms with Gasteiger partial charge in [0.1, 0.15) is 6.10 Å². The van der Waals surface area contributed by atoms with Crippen molar-refractivity contribution in [1.82, 2.24) is 9.80 Å². The van der Waals surface area contributed by atoms with E-state index in [1.807, 2.05) is 34.9 Å². The van der Waals surface area contributed by atoms with Gasteiger partial charge in [0.25, 0.3) is 5.91 Å². The van der Waals surface area contributed by atoms with Crippen molar-refractivity contribution in [2.24, 2.45) is 5.41 Å². The van der Waals surface area contributed by atoms with Gasteiger partial charge in [-0.15, -0.1) is 0 Å². The zero-order valence-electron chi connectivity index (χ0n) is 16.4. The number of piperidine rings is 1. The van der Waals surface area contributed by atoms with E-state index in [9.17, 15) is 9.59 Å². The van der Waals surface area contributed by atoms with E-state index >= 15 is 0 Å². The van der Waals surface area contributed by atoms with Crippen LogP contribution in [0.5, 0.6) is 0 Å². The first kappa shape index (κ1) is 19.6. The van der Waals surface area contributed by atoms with Crippen molar-refractivity contribution in [3.63, 3.8) is 0 Å². The fraction of sp³-hybridized carbons (Fsp3) is 0.545. The molecular weight excluding hydrogens is 340 g/mol. The highest BCUT2D eigenvalue weighted by molar-refractivity contribution is 5.82. The SMILES string of the molecule is CCC(OC)C(=O)N1CCC2(CC1)CC(=O)N(C/C=C/c1ccccc1)C2. The zero-order valence-corrected chi connectivity index (χ0v) is 16.4. The topological polar surface area (TPSA) is 49.9 Å². The third-order valence-corrected chi connectivity index (χ3v) is 5.91. The summed E-state index contributed by atoms with van der Waals surface area (Å²) >= 11 is 0. The number of methoxy groups -OCH3 is 1. The lowest BCUT2D eigenvalue weighted by Gasteiger charge is -2.39. The van der Waals surface area contributed by atoms with Gasteiger partial charge in [-0.05, 0) is 24.8 Å². The molecule has 146 valence electrons. The van der Waals surface area contributed by atoms with E-state index in [4.69, 9.17) is 4.74 Å². The van der Waals surface area contributed by atoms with Crippen LogP contribution in [0.3, 0.4) is 0 Å². The molecule has 0 N–H and O–H groups in total. The fourth-order valence-corrected chi connectivity index (χ4v) is 4.21. The summed E-state index contributed by atoms with van der Waals surface area (Å²) in [6.07, 6.45) is 6.87. The highest BCUT2D eigenvalue weighted by atomic mass is 16.5. The molecular formula is C22H30N2O3. The summed E-state index contributed by atoms with van der Waals surface area (Å²) in [7, 11) is 1.59. The maximum atomic E-state index is 12.5. The molecule has 0 radical (unpaired) electrons. The van der Waals surface area contributed by atoms with Crippen molar-refractivity contribution in [2.75, 3.05) is 33.3 Å². The molecule has 0 saturated carbocycles. The molecule has 1 atom stereocenters. The summed E-state index contributed by atoms with van der Waals surface area (Å²) in [5.41, 5.74) is 1.18. The number of hydrogen-bond donors (Lipinski definition) is 0. The van der Waals surface area contributed by atoms with Crippen LogP contribution in [-0.2, 0) is 14.3 Å². The van der Waals surface area contributed by atoms with Gasteiger partial charge >= 0.3 is 0 Å². The Morgan fingerprint density at radius 3 is 2.59 bits per heavy atom. The van der Waals surface area contributed by atoms with Crippen LogP contribution >= 0.6 is 0 Å². The number of hydrogen-bond acceptors (Lipinski definition) is 3. The highest BCUT2D eigenvalue weighted by Gasteiger charge is 2.45. The Morgan fingerprint density at radius 1 is 1.26 bits per heavy atom. The van der Waals surface area contributed by atoms with E-state index in [2.05, 4.69) is 24.3 Å². The summed E-state index contributed by atoms with van der Waals surface area (Å²) in [6, 6.07) is 10.1. The van der Waals surface area contributed by atoms with Crippen LogP contribution in [0.25, 0.3) is 6.08 Å². The third kappa shape index (κ3) is 4.59. The summed E-state index contributed by atoms with van der Waals surface area (Å²) in [5.74, 6) is 0.317. The van der Waals surface area contributed by atoms with Crippen LogP contribution < -0.4 is 0 Å². The molecule has 1 aromatic rings. The van der Waals surface area contributed by atoms with Crippen LogP contribution in [0.4, 0.5) is 0 Å². The third-order valence-electron chi connectivity index (χ3n) is 5.91. The number of ether oxygens (including phenoxy) is 1. The van der Waals surface area contributed by atoms with Crippen molar-refractivity contribution < 1.29 is 14.3 Å². The molecule has 3 rings (SSSR count). The number of carbonyl (C=O) groups excluding carboxylic acids is 2. The largest absolute Gasteiger partial charge is 0.372 e. The van der Waals surface area contributed by atoms with Gasteiger partial charge in [-0.3, -0.25) is 9.59 Å². The van der Waals surface area contributed by atoms with E-state index in [0.717, 1.165) is 38.0 Å². The Morgan fingerprint density at radius 2 is 1.96 bits per heavy atom. The van der Waals surface area contributed by atoms with Crippen LogP contribution in [0.2, 0.25) is 0 Å². The molecule has 2 heterocycles. The molecule has 5 nitrogen and oxygen atoms in total. The predicted molar refractivity (Wildman–Crippen MR) is 106 cm³/mol. The van der Waals surface area contributed by atoms with Crippen LogP contribution in [0.1, 0.15) is 38.2 Å². The second-order valence-electron chi connectivity index (χ2n) is 7.72. The number of amides is 2. The Balaban J connectivity index is 1.53. The molecule has 2 amide bonds. The van der Waals surface area contributed by atoms with Gasteiger partial charge in [-0.2, -0.15) is 0 Å². The molecule has 2 aliphatic rings. The fourth-order valence-electron chi connectivity index (χ4n) is 4.21. The van der Waals surface area contributed by atoms with Crippen LogP contribution in [-0.4, -0.2) is 61.0 Å². The first-order valence-electron chi connectivity index (χ1n) is 9.88. The maximum Gasteiger partial charge on any atom is 0.251 e. The van der Waals surface area contributed by atoms with Gasteiger partial charge in [0.15, 0.2) is 0 Å². The molecule has 1 aromatic carbocycles. The summed E-state index contributed by atoms with van der Waals surface area (Å²) < 4.78 is 5.29. The molecule has 2 aliphatic heterocycles. The lowest BCUT2D eigenvalue weighted by Crippen LogP contribution is -2.48. The lowest BCUT2D eigenvalue weighted by molar-refractivity contribution is -0.144. The van der Waals surface area contributed by atoms with E-state index in [-0.39, 0.29) is 23.3 Å². The van der Waals surface area contributed by atoms with Crippen molar-refractivity contribution in [1.29, 1.82) is 0 Å². The number of carbonyl (C=O) groups is 2. The van der Waals surface area contributed by atoms with Gasteiger partial charge in [-0.25, -0.2) is 0 Å².